The van der Waals surface area contributed by atoms with Crippen LogP contribution in [0.4, 0.5) is 17.6 Å². The number of halogens is 1. The summed E-state index contributed by atoms with van der Waals surface area (Å²) in [6, 6.07) is 7.46. The van der Waals surface area contributed by atoms with Gasteiger partial charge in [-0.05, 0) is 12.1 Å². The summed E-state index contributed by atoms with van der Waals surface area (Å²) in [6.45, 7) is 0. The molecule has 1 aromatic heterocycles. The number of para-hydroxylation sites is 1. The molecule has 0 unspecified atom stereocenters. The Hall–Kier alpha value is -1.75. The van der Waals surface area contributed by atoms with E-state index in [4.69, 9.17) is 11.6 Å². The van der Waals surface area contributed by atoms with Gasteiger partial charge in [0.25, 0.3) is 0 Å². The molecule has 0 saturated carbocycles. The van der Waals surface area contributed by atoms with Gasteiger partial charge in [0.15, 0.2) is 0 Å². The SMILES string of the molecule is CN(C)c1n[nH]c(Nc2ccccc2Cl)n1. The standard InChI is InChI=1S/C10H12ClN5/c1-16(2)10-13-9(14-15-10)12-8-6-4-3-5-7(8)11/h3-6H,1-2H3,(H2,12,13,14,15). The van der Waals surface area contributed by atoms with Crippen molar-refractivity contribution >= 4 is 29.2 Å². The van der Waals surface area contributed by atoms with E-state index in [-0.39, 0.29) is 0 Å². The van der Waals surface area contributed by atoms with Crippen molar-refractivity contribution in [3.8, 4) is 0 Å². The van der Waals surface area contributed by atoms with Crippen LogP contribution in [-0.2, 0) is 0 Å². The van der Waals surface area contributed by atoms with Crippen molar-refractivity contribution < 1.29 is 0 Å². The molecule has 0 fully saturated rings. The number of anilines is 3. The number of nitrogens with one attached hydrogen (secondary N) is 2. The van der Waals surface area contributed by atoms with E-state index in [0.717, 1.165) is 5.69 Å². The van der Waals surface area contributed by atoms with Crippen molar-refractivity contribution in [3.05, 3.63) is 29.3 Å². The summed E-state index contributed by atoms with van der Waals surface area (Å²) in [4.78, 5) is 6.05. The Morgan fingerprint density at radius 2 is 2.06 bits per heavy atom. The Labute approximate surface area is 98.4 Å². The van der Waals surface area contributed by atoms with Gasteiger partial charge in [0.2, 0.25) is 11.9 Å². The van der Waals surface area contributed by atoms with E-state index in [1.807, 2.05) is 43.3 Å². The van der Waals surface area contributed by atoms with Crippen LogP contribution >= 0.6 is 11.6 Å². The number of benzene rings is 1. The molecule has 0 atom stereocenters. The lowest BCUT2D eigenvalue weighted by molar-refractivity contribution is 0.999. The highest BCUT2D eigenvalue weighted by molar-refractivity contribution is 6.33. The average molecular weight is 238 g/mol. The van der Waals surface area contributed by atoms with Crippen LogP contribution in [0.1, 0.15) is 0 Å². The molecule has 0 amide bonds. The molecule has 1 aromatic carbocycles. The summed E-state index contributed by atoms with van der Waals surface area (Å²) < 4.78 is 0. The van der Waals surface area contributed by atoms with E-state index in [2.05, 4.69) is 20.5 Å². The van der Waals surface area contributed by atoms with Gasteiger partial charge in [-0.2, -0.15) is 4.98 Å². The summed E-state index contributed by atoms with van der Waals surface area (Å²) in [5.74, 6) is 1.19. The van der Waals surface area contributed by atoms with Crippen LogP contribution in [0.2, 0.25) is 5.02 Å². The Balaban J connectivity index is 2.18. The van der Waals surface area contributed by atoms with Crippen LogP contribution in [0.25, 0.3) is 0 Å². The predicted molar refractivity (Wildman–Crippen MR) is 65.4 cm³/mol. The number of nitrogens with zero attached hydrogens (tertiary/aromatic N) is 3. The first-order valence-electron chi connectivity index (χ1n) is 4.78. The summed E-state index contributed by atoms with van der Waals surface area (Å²) in [5.41, 5.74) is 0.797. The molecule has 2 aromatic rings. The van der Waals surface area contributed by atoms with Gasteiger partial charge in [0, 0.05) is 14.1 Å². The number of rotatable bonds is 3. The molecule has 84 valence electrons. The van der Waals surface area contributed by atoms with E-state index in [0.29, 0.717) is 16.9 Å². The highest BCUT2D eigenvalue weighted by Gasteiger charge is 2.05. The second-order valence-corrected chi connectivity index (χ2v) is 3.89. The summed E-state index contributed by atoms with van der Waals surface area (Å²) in [5, 5.41) is 10.5. The fourth-order valence-electron chi connectivity index (χ4n) is 1.20. The quantitative estimate of drug-likeness (QED) is 0.860. The molecular weight excluding hydrogens is 226 g/mol. The molecule has 5 nitrogen and oxygen atoms in total. The van der Waals surface area contributed by atoms with Gasteiger partial charge < -0.3 is 10.2 Å². The van der Waals surface area contributed by atoms with Crippen molar-refractivity contribution in [3.63, 3.8) is 0 Å². The predicted octanol–water partition coefficient (Wildman–Crippen LogP) is 2.27. The molecule has 0 spiro atoms. The molecule has 0 aliphatic carbocycles. The minimum atomic E-state index is 0.566. The van der Waals surface area contributed by atoms with Crippen LogP contribution in [0.15, 0.2) is 24.3 Å². The Kier molecular flexibility index (Phi) is 2.96. The van der Waals surface area contributed by atoms with Gasteiger partial charge in [0.05, 0.1) is 10.7 Å². The molecule has 2 rings (SSSR count). The van der Waals surface area contributed by atoms with Crippen LogP contribution in [0.3, 0.4) is 0 Å². The number of hydrogen-bond donors (Lipinski definition) is 2. The lowest BCUT2D eigenvalue weighted by atomic mass is 10.3. The third-order valence-electron chi connectivity index (χ3n) is 2.00. The van der Waals surface area contributed by atoms with E-state index in [9.17, 15) is 0 Å². The first-order valence-corrected chi connectivity index (χ1v) is 5.16. The van der Waals surface area contributed by atoms with Crippen molar-refractivity contribution in [1.82, 2.24) is 15.2 Å². The van der Waals surface area contributed by atoms with E-state index in [1.165, 1.54) is 0 Å². The van der Waals surface area contributed by atoms with E-state index < -0.39 is 0 Å². The maximum Gasteiger partial charge on any atom is 0.245 e. The molecule has 2 N–H and O–H groups in total. The van der Waals surface area contributed by atoms with Gasteiger partial charge >= 0.3 is 0 Å². The van der Waals surface area contributed by atoms with Crippen molar-refractivity contribution in [1.29, 1.82) is 0 Å². The van der Waals surface area contributed by atoms with Gasteiger partial charge in [-0.3, -0.25) is 0 Å². The summed E-state index contributed by atoms with van der Waals surface area (Å²) in [7, 11) is 3.75. The molecule has 0 bridgehead atoms. The molecule has 0 aliphatic heterocycles. The number of hydrogen-bond acceptors (Lipinski definition) is 4. The first-order chi connectivity index (χ1) is 7.66. The van der Waals surface area contributed by atoms with E-state index in [1.54, 1.807) is 0 Å². The number of H-pyrrole nitrogens is 1. The number of aromatic amines is 1. The Morgan fingerprint density at radius 3 is 2.69 bits per heavy atom. The maximum atomic E-state index is 6.01. The van der Waals surface area contributed by atoms with Crippen molar-refractivity contribution in [2.45, 2.75) is 0 Å². The smallest absolute Gasteiger partial charge is 0.245 e. The minimum Gasteiger partial charge on any atom is -0.346 e. The maximum absolute atomic E-state index is 6.01. The Morgan fingerprint density at radius 1 is 1.31 bits per heavy atom. The minimum absolute atomic E-state index is 0.566. The zero-order valence-electron chi connectivity index (χ0n) is 9.03. The monoisotopic (exact) mass is 237 g/mol. The summed E-state index contributed by atoms with van der Waals surface area (Å²) >= 11 is 6.01. The first kappa shape index (κ1) is 10.8. The van der Waals surface area contributed by atoms with Crippen LogP contribution in [0.5, 0.6) is 0 Å². The lowest BCUT2D eigenvalue weighted by Gasteiger charge is -2.05. The average Bonchev–Trinajstić information content (AvgIpc) is 2.70. The second kappa shape index (κ2) is 4.40. The highest BCUT2D eigenvalue weighted by Crippen LogP contribution is 2.23. The third-order valence-corrected chi connectivity index (χ3v) is 2.33. The van der Waals surface area contributed by atoms with Gasteiger partial charge in [0.1, 0.15) is 0 Å². The molecule has 1 heterocycles. The highest BCUT2D eigenvalue weighted by atomic mass is 35.5. The summed E-state index contributed by atoms with van der Waals surface area (Å²) in [6.07, 6.45) is 0. The second-order valence-electron chi connectivity index (χ2n) is 3.48. The molecule has 0 aliphatic rings. The lowest BCUT2D eigenvalue weighted by Crippen LogP contribution is -2.10. The van der Waals surface area contributed by atoms with Gasteiger partial charge in [-0.1, -0.05) is 23.7 Å². The Bertz CT molecular complexity index is 480. The van der Waals surface area contributed by atoms with Gasteiger partial charge in [-0.25, -0.2) is 5.10 Å². The third kappa shape index (κ3) is 2.25. The number of aromatic nitrogens is 3. The molecule has 0 saturated heterocycles. The fraction of sp³-hybridized carbons (Fsp3) is 0.200. The van der Waals surface area contributed by atoms with Crippen LogP contribution < -0.4 is 10.2 Å². The van der Waals surface area contributed by atoms with E-state index >= 15 is 0 Å². The van der Waals surface area contributed by atoms with Gasteiger partial charge in [-0.15, -0.1) is 5.10 Å². The molecule has 0 radical (unpaired) electrons. The van der Waals surface area contributed by atoms with Crippen LogP contribution in [-0.4, -0.2) is 29.3 Å². The van der Waals surface area contributed by atoms with Crippen LogP contribution in [0, 0.1) is 0 Å². The fourth-order valence-corrected chi connectivity index (χ4v) is 1.38. The topological polar surface area (TPSA) is 56.8 Å². The zero-order valence-corrected chi connectivity index (χ0v) is 9.78. The molecule has 16 heavy (non-hydrogen) atoms. The normalized spacial score (nSPS) is 10.2. The van der Waals surface area contributed by atoms with Crippen molar-refractivity contribution in [2.75, 3.05) is 24.3 Å². The zero-order chi connectivity index (χ0) is 11.5. The van der Waals surface area contributed by atoms with Crippen molar-refractivity contribution in [2.24, 2.45) is 0 Å². The largest absolute Gasteiger partial charge is 0.346 e. The molecular formula is C10H12ClN5. The molecule has 6 heteroatoms.